The van der Waals surface area contributed by atoms with Crippen LogP contribution in [0.2, 0.25) is 0 Å². The van der Waals surface area contributed by atoms with Crippen LogP contribution >= 0.6 is 0 Å². The van der Waals surface area contributed by atoms with Crippen molar-refractivity contribution in [3.8, 4) is 0 Å². The molecule has 0 aliphatic heterocycles. The lowest BCUT2D eigenvalue weighted by molar-refractivity contribution is 0.282. The Morgan fingerprint density at radius 2 is 1.60 bits per heavy atom. The van der Waals surface area contributed by atoms with Gasteiger partial charge in [-0.25, -0.2) is 0 Å². The van der Waals surface area contributed by atoms with Crippen LogP contribution in [0.15, 0.2) is 0 Å². The molecule has 0 spiro atoms. The van der Waals surface area contributed by atoms with Crippen LogP contribution in [0.25, 0.3) is 0 Å². The van der Waals surface area contributed by atoms with E-state index in [1.54, 1.807) is 0 Å². The zero-order valence-electron chi connectivity index (χ0n) is 6.97. The molecule has 0 aromatic heterocycles. The van der Waals surface area contributed by atoms with Gasteiger partial charge < -0.3 is 5.11 Å². The highest BCUT2D eigenvalue weighted by Crippen LogP contribution is 2.05. The summed E-state index contributed by atoms with van der Waals surface area (Å²) < 4.78 is 0. The zero-order chi connectivity index (χ0) is 7.66. The molecule has 1 nitrogen and oxygen atoms in total. The summed E-state index contributed by atoms with van der Waals surface area (Å²) in [5, 5.41) is 8.46. The van der Waals surface area contributed by atoms with Gasteiger partial charge in [-0.1, -0.05) is 39.0 Å². The van der Waals surface area contributed by atoms with Gasteiger partial charge in [0, 0.05) is 6.61 Å². The van der Waals surface area contributed by atoms with Gasteiger partial charge in [-0.15, -0.1) is 0 Å². The molecule has 1 radical (unpaired) electrons. The molecule has 0 saturated heterocycles. The molecule has 0 rings (SSSR count). The van der Waals surface area contributed by atoms with E-state index in [0.717, 1.165) is 6.42 Å². The molecule has 0 atom stereocenters. The Bertz CT molecular complexity index is 44.7. The summed E-state index contributed by atoms with van der Waals surface area (Å²) in [4.78, 5) is 0. The summed E-state index contributed by atoms with van der Waals surface area (Å²) in [6, 6.07) is 0. The van der Waals surface area contributed by atoms with Gasteiger partial charge in [0.2, 0.25) is 0 Å². The molecular weight excluding hydrogens is 124 g/mol. The van der Waals surface area contributed by atoms with E-state index >= 15 is 0 Å². The largest absolute Gasteiger partial charge is 0.396 e. The van der Waals surface area contributed by atoms with E-state index in [4.69, 9.17) is 5.11 Å². The predicted molar refractivity (Wildman–Crippen MR) is 44.8 cm³/mol. The van der Waals surface area contributed by atoms with Gasteiger partial charge in [0.15, 0.2) is 0 Å². The first-order valence-corrected chi connectivity index (χ1v) is 4.30. The maximum Gasteiger partial charge on any atom is 0.0431 e. The van der Waals surface area contributed by atoms with Gasteiger partial charge in [0.25, 0.3) is 0 Å². The lowest BCUT2D eigenvalue weighted by atomic mass is 10.1. The Hall–Kier alpha value is -0.0400. The summed E-state index contributed by atoms with van der Waals surface area (Å²) in [5.74, 6) is 0. The van der Waals surface area contributed by atoms with E-state index < -0.39 is 0 Å². The van der Waals surface area contributed by atoms with Crippen molar-refractivity contribution in [2.75, 3.05) is 6.61 Å². The second kappa shape index (κ2) is 8.96. The highest BCUT2D eigenvalue weighted by Gasteiger charge is 1.88. The topological polar surface area (TPSA) is 20.2 Å². The van der Waals surface area contributed by atoms with E-state index in [0.29, 0.717) is 6.61 Å². The monoisotopic (exact) mass is 143 g/mol. The van der Waals surface area contributed by atoms with Crippen molar-refractivity contribution in [1.82, 2.24) is 0 Å². The van der Waals surface area contributed by atoms with Crippen LogP contribution in [0.5, 0.6) is 0 Å². The summed E-state index contributed by atoms with van der Waals surface area (Å²) in [7, 11) is 0. The smallest absolute Gasteiger partial charge is 0.0431 e. The van der Waals surface area contributed by atoms with E-state index in [1.807, 2.05) is 0 Å². The summed E-state index contributed by atoms with van der Waals surface area (Å²) >= 11 is 0. The molecule has 0 aliphatic rings. The van der Waals surface area contributed by atoms with E-state index in [2.05, 4.69) is 13.3 Å². The molecule has 0 bridgehead atoms. The van der Waals surface area contributed by atoms with Crippen LogP contribution in [-0.4, -0.2) is 11.7 Å². The minimum absolute atomic E-state index is 0.361. The minimum Gasteiger partial charge on any atom is -0.396 e. The Morgan fingerprint density at radius 3 is 2.20 bits per heavy atom. The van der Waals surface area contributed by atoms with Gasteiger partial charge >= 0.3 is 0 Å². The van der Waals surface area contributed by atoms with Crippen LogP contribution < -0.4 is 0 Å². The third kappa shape index (κ3) is 7.96. The molecule has 10 heavy (non-hydrogen) atoms. The molecule has 1 N–H and O–H groups in total. The number of unbranched alkanes of at least 4 members (excludes halogenated alkanes) is 6. The van der Waals surface area contributed by atoms with Crippen molar-refractivity contribution in [2.45, 2.75) is 45.4 Å². The van der Waals surface area contributed by atoms with Crippen LogP contribution in [0.1, 0.15) is 45.4 Å². The Balaban J connectivity index is 2.65. The lowest BCUT2D eigenvalue weighted by Crippen LogP contribution is -1.83. The third-order valence-corrected chi connectivity index (χ3v) is 1.65. The van der Waals surface area contributed by atoms with Gasteiger partial charge in [0.05, 0.1) is 0 Å². The molecular formula is C9H19O. The van der Waals surface area contributed by atoms with Crippen molar-refractivity contribution in [3.05, 3.63) is 6.42 Å². The summed E-state index contributed by atoms with van der Waals surface area (Å²) in [6.07, 6.45) is 9.57. The molecule has 0 heterocycles. The first-order chi connectivity index (χ1) is 4.91. The maximum atomic E-state index is 8.46. The highest BCUT2D eigenvalue weighted by molar-refractivity contribution is 4.55. The molecule has 0 aromatic rings. The predicted octanol–water partition coefficient (Wildman–Crippen LogP) is 2.54. The van der Waals surface area contributed by atoms with Crippen molar-refractivity contribution in [2.24, 2.45) is 0 Å². The Morgan fingerprint density at radius 1 is 1.00 bits per heavy atom. The molecule has 0 aromatic carbocycles. The van der Waals surface area contributed by atoms with Crippen molar-refractivity contribution in [1.29, 1.82) is 0 Å². The van der Waals surface area contributed by atoms with Crippen LogP contribution in [0, 0.1) is 6.42 Å². The molecule has 0 saturated carbocycles. The third-order valence-electron chi connectivity index (χ3n) is 1.65. The van der Waals surface area contributed by atoms with Crippen molar-refractivity contribution in [3.63, 3.8) is 0 Å². The minimum atomic E-state index is 0.361. The average molecular weight is 143 g/mol. The first kappa shape index (κ1) is 9.96. The molecule has 0 amide bonds. The first-order valence-electron chi connectivity index (χ1n) is 4.30. The van der Waals surface area contributed by atoms with Gasteiger partial charge in [-0.2, -0.15) is 0 Å². The number of rotatable bonds is 7. The molecule has 0 fully saturated rings. The fourth-order valence-corrected chi connectivity index (χ4v) is 0.991. The van der Waals surface area contributed by atoms with Gasteiger partial charge in [0.1, 0.15) is 0 Å². The second-order valence-electron chi connectivity index (χ2n) is 2.69. The summed E-state index contributed by atoms with van der Waals surface area (Å²) in [6.45, 7) is 2.47. The van der Waals surface area contributed by atoms with E-state index in [9.17, 15) is 0 Å². The van der Waals surface area contributed by atoms with Gasteiger partial charge in [-0.3, -0.25) is 0 Å². The SMILES string of the molecule is C[CH]CCCCCCCO. The average Bonchev–Trinajstić information content (AvgIpc) is 1.97. The van der Waals surface area contributed by atoms with Gasteiger partial charge in [-0.05, 0) is 12.8 Å². The lowest BCUT2D eigenvalue weighted by Gasteiger charge is -1.97. The zero-order valence-corrected chi connectivity index (χ0v) is 6.97. The number of aliphatic hydroxyl groups is 1. The summed E-state index contributed by atoms with van der Waals surface area (Å²) in [5.41, 5.74) is 0. The quantitative estimate of drug-likeness (QED) is 0.543. The van der Waals surface area contributed by atoms with Crippen molar-refractivity contribution >= 4 is 0 Å². The van der Waals surface area contributed by atoms with Crippen LogP contribution in [0.4, 0.5) is 0 Å². The molecule has 0 aliphatic carbocycles. The van der Waals surface area contributed by atoms with Crippen LogP contribution in [0.3, 0.4) is 0 Å². The maximum absolute atomic E-state index is 8.46. The van der Waals surface area contributed by atoms with Crippen molar-refractivity contribution < 1.29 is 5.11 Å². The molecule has 61 valence electrons. The fraction of sp³-hybridized carbons (Fsp3) is 0.889. The van der Waals surface area contributed by atoms with E-state index in [1.165, 1.54) is 32.1 Å². The standard InChI is InChI=1S/C9H19O/c1-2-3-4-5-6-7-8-9-10/h2,10H,3-9H2,1H3. The second-order valence-corrected chi connectivity index (χ2v) is 2.69. The molecule has 0 unspecified atom stereocenters. The number of aliphatic hydroxyl groups excluding tert-OH is 1. The Kier molecular flexibility index (Phi) is 8.92. The molecule has 1 heteroatoms. The Labute approximate surface area is 64.5 Å². The van der Waals surface area contributed by atoms with Crippen LogP contribution in [-0.2, 0) is 0 Å². The number of hydrogen-bond donors (Lipinski definition) is 1. The van der Waals surface area contributed by atoms with E-state index in [-0.39, 0.29) is 0 Å². The number of hydrogen-bond acceptors (Lipinski definition) is 1. The highest BCUT2D eigenvalue weighted by atomic mass is 16.2. The fourth-order valence-electron chi connectivity index (χ4n) is 0.991. The normalized spacial score (nSPS) is 10.2.